The van der Waals surface area contributed by atoms with Gasteiger partial charge in [0.2, 0.25) is 0 Å². The lowest BCUT2D eigenvalue weighted by Gasteiger charge is -2.45. The summed E-state index contributed by atoms with van der Waals surface area (Å²) in [5, 5.41) is 10.8. The molecule has 1 aromatic rings. The predicted octanol–water partition coefficient (Wildman–Crippen LogP) is 6.38. The van der Waals surface area contributed by atoms with Gasteiger partial charge in [-0.25, -0.2) is 4.79 Å². The number of hydrogen-bond donors (Lipinski definition) is 1. The van der Waals surface area contributed by atoms with Crippen LogP contribution in [0.1, 0.15) is 79.3 Å². The van der Waals surface area contributed by atoms with E-state index in [1.807, 2.05) is 12.1 Å². The first-order valence-corrected chi connectivity index (χ1v) is 12.4. The summed E-state index contributed by atoms with van der Waals surface area (Å²) >= 11 is 8.17. The highest BCUT2D eigenvalue weighted by molar-refractivity contribution is 7.13. The highest BCUT2D eigenvalue weighted by Crippen LogP contribution is 2.48. The summed E-state index contributed by atoms with van der Waals surface area (Å²) < 4.78 is 4.79. The molecule has 4 atom stereocenters. The van der Waals surface area contributed by atoms with Crippen molar-refractivity contribution in [2.24, 2.45) is 17.3 Å². The predicted molar refractivity (Wildman–Crippen MR) is 121 cm³/mol. The molecule has 5 heteroatoms. The van der Waals surface area contributed by atoms with E-state index in [2.05, 4.69) is 19.1 Å². The molecule has 162 valence electrons. The Kier molecular flexibility index (Phi) is 8.23. The molecule has 2 aliphatic rings. The van der Waals surface area contributed by atoms with E-state index in [1.54, 1.807) is 0 Å². The normalized spacial score (nSPS) is 27.1. The van der Waals surface area contributed by atoms with Crippen LogP contribution in [0.15, 0.2) is 24.3 Å². The van der Waals surface area contributed by atoms with Crippen LogP contribution in [-0.4, -0.2) is 29.7 Å². The van der Waals surface area contributed by atoms with Crippen LogP contribution >= 0.6 is 22.9 Å². The van der Waals surface area contributed by atoms with E-state index >= 15 is 0 Å². The van der Waals surface area contributed by atoms with Crippen molar-refractivity contribution < 1.29 is 14.6 Å². The molecular weight excluding hydrogens is 404 g/mol. The van der Waals surface area contributed by atoms with Crippen LogP contribution in [0, 0.1) is 17.3 Å². The first-order valence-electron chi connectivity index (χ1n) is 11.1. The second-order valence-electron chi connectivity index (χ2n) is 8.83. The lowest BCUT2D eigenvalue weighted by Crippen LogP contribution is -2.40. The summed E-state index contributed by atoms with van der Waals surface area (Å²) in [5.74, 6) is 0.785. The molecule has 0 saturated heterocycles. The van der Waals surface area contributed by atoms with Crippen LogP contribution in [0.4, 0.5) is 0 Å². The Hall–Kier alpha value is -0.840. The van der Waals surface area contributed by atoms with Gasteiger partial charge in [0, 0.05) is 10.3 Å². The average Bonchev–Trinajstić information content (AvgIpc) is 3.29. The fraction of sp³-hybridized carbons (Fsp3) is 0.708. The van der Waals surface area contributed by atoms with Gasteiger partial charge in [0.25, 0.3) is 0 Å². The Morgan fingerprint density at radius 1 is 1.41 bits per heavy atom. The number of aryl methyl sites for hydroxylation is 1. The number of halogens is 1. The number of alkyl halides is 1. The highest BCUT2D eigenvalue weighted by Gasteiger charge is 2.41. The van der Waals surface area contributed by atoms with Crippen molar-refractivity contribution in [3.8, 4) is 0 Å². The van der Waals surface area contributed by atoms with Crippen molar-refractivity contribution in [2.75, 3.05) is 7.11 Å². The van der Waals surface area contributed by atoms with Crippen molar-refractivity contribution >= 4 is 28.9 Å². The van der Waals surface area contributed by atoms with Gasteiger partial charge in [-0.2, -0.15) is 0 Å². The molecule has 1 heterocycles. The molecule has 2 aliphatic carbocycles. The van der Waals surface area contributed by atoms with Crippen LogP contribution in [0.2, 0.25) is 0 Å². The minimum atomic E-state index is -0.249. The summed E-state index contributed by atoms with van der Waals surface area (Å²) in [6.45, 7) is 2.20. The first kappa shape index (κ1) is 22.8. The molecule has 0 radical (unpaired) electrons. The van der Waals surface area contributed by atoms with E-state index in [4.69, 9.17) is 16.3 Å². The van der Waals surface area contributed by atoms with E-state index < -0.39 is 0 Å². The summed E-state index contributed by atoms with van der Waals surface area (Å²) in [5.41, 5.74) is 0.170. The van der Waals surface area contributed by atoms with E-state index in [1.165, 1.54) is 49.0 Å². The lowest BCUT2D eigenvalue weighted by atomic mass is 9.63. The molecule has 3 nitrogen and oxygen atoms in total. The van der Waals surface area contributed by atoms with Crippen molar-refractivity contribution in [3.05, 3.63) is 34.0 Å². The maximum Gasteiger partial charge on any atom is 0.348 e. The van der Waals surface area contributed by atoms with Crippen LogP contribution in [0.3, 0.4) is 0 Å². The average molecular weight is 439 g/mol. The topological polar surface area (TPSA) is 46.5 Å². The fourth-order valence-corrected chi connectivity index (χ4v) is 6.48. The number of thiophene rings is 1. The van der Waals surface area contributed by atoms with Gasteiger partial charge in [-0.05, 0) is 87.2 Å². The summed E-state index contributed by atoms with van der Waals surface area (Å²) in [6.07, 6.45) is 15.2. The van der Waals surface area contributed by atoms with Gasteiger partial charge in [0.1, 0.15) is 4.88 Å². The fourth-order valence-electron chi connectivity index (χ4n) is 5.10. The van der Waals surface area contributed by atoms with Crippen molar-refractivity contribution in [1.82, 2.24) is 0 Å². The maximum atomic E-state index is 11.6. The zero-order chi connectivity index (χ0) is 20.9. The summed E-state index contributed by atoms with van der Waals surface area (Å²) in [7, 11) is 1.42. The van der Waals surface area contributed by atoms with Crippen LogP contribution in [0.25, 0.3) is 0 Å². The molecule has 0 amide bonds. The van der Waals surface area contributed by atoms with Gasteiger partial charge >= 0.3 is 5.97 Å². The summed E-state index contributed by atoms with van der Waals surface area (Å²) in [6, 6.07) is 3.90. The zero-order valence-corrected chi connectivity index (χ0v) is 19.3. The Morgan fingerprint density at radius 3 is 2.86 bits per heavy atom. The largest absolute Gasteiger partial charge is 0.465 e. The van der Waals surface area contributed by atoms with Gasteiger partial charge in [-0.1, -0.05) is 25.5 Å². The van der Waals surface area contributed by atoms with Crippen molar-refractivity contribution in [2.45, 2.75) is 82.6 Å². The number of esters is 1. The van der Waals surface area contributed by atoms with E-state index in [9.17, 15) is 9.90 Å². The molecule has 3 rings (SSSR count). The van der Waals surface area contributed by atoms with Gasteiger partial charge in [-0.3, -0.25) is 0 Å². The highest BCUT2D eigenvalue weighted by atomic mass is 35.5. The standard InChI is InChI=1S/C24H35ClO3S/c1-3-24(15-6-16-24)22(26)10-5-9-19-17(11-13-20(19)25)7-4-8-18-12-14-21(29-18)23(27)28-2/h5,9,12,14,17,19-20,22,26H,3-4,6-8,10-11,13,15-16H2,1-2H3/b9-5+/t17-,19?,20+,22?/m0/s1. The molecule has 0 bridgehead atoms. The number of methoxy groups -OCH3 is 1. The van der Waals surface area contributed by atoms with Crippen molar-refractivity contribution in [1.29, 1.82) is 0 Å². The molecule has 1 aromatic heterocycles. The number of ether oxygens (including phenoxy) is 1. The van der Waals surface area contributed by atoms with Gasteiger partial charge in [-0.15, -0.1) is 22.9 Å². The maximum absolute atomic E-state index is 11.6. The van der Waals surface area contributed by atoms with Crippen LogP contribution in [-0.2, 0) is 11.2 Å². The number of aliphatic hydroxyl groups is 1. The van der Waals surface area contributed by atoms with E-state index in [-0.39, 0.29) is 22.9 Å². The van der Waals surface area contributed by atoms with Gasteiger partial charge in [0.05, 0.1) is 13.2 Å². The van der Waals surface area contributed by atoms with E-state index in [0.29, 0.717) is 16.7 Å². The minimum absolute atomic E-state index is 0.170. The third kappa shape index (κ3) is 5.45. The third-order valence-corrected chi connectivity index (χ3v) is 8.93. The van der Waals surface area contributed by atoms with Gasteiger partial charge in [0.15, 0.2) is 0 Å². The molecule has 1 N–H and O–H groups in total. The number of rotatable bonds is 10. The smallest absolute Gasteiger partial charge is 0.348 e. The lowest BCUT2D eigenvalue weighted by molar-refractivity contribution is -0.0355. The number of allylic oxidation sites excluding steroid dienone is 1. The molecule has 2 fully saturated rings. The number of carbonyl (C=O) groups is 1. The Bertz CT molecular complexity index is 689. The second-order valence-corrected chi connectivity index (χ2v) is 10.6. The Balaban J connectivity index is 1.46. The molecule has 2 saturated carbocycles. The molecule has 29 heavy (non-hydrogen) atoms. The second kappa shape index (κ2) is 10.5. The number of hydrogen-bond acceptors (Lipinski definition) is 4. The zero-order valence-electron chi connectivity index (χ0n) is 17.7. The first-order chi connectivity index (χ1) is 14.0. The van der Waals surface area contributed by atoms with Gasteiger partial charge < -0.3 is 9.84 Å². The molecule has 0 spiro atoms. The van der Waals surface area contributed by atoms with Crippen LogP contribution in [0.5, 0.6) is 0 Å². The summed E-state index contributed by atoms with van der Waals surface area (Å²) in [4.78, 5) is 13.5. The van der Waals surface area contributed by atoms with Crippen LogP contribution < -0.4 is 0 Å². The van der Waals surface area contributed by atoms with Crippen molar-refractivity contribution in [3.63, 3.8) is 0 Å². The number of carbonyl (C=O) groups excluding carboxylic acids is 1. The molecule has 2 unspecified atom stereocenters. The van der Waals surface area contributed by atoms with E-state index in [0.717, 1.165) is 38.5 Å². The molecular formula is C24H35ClO3S. The Labute approximate surface area is 184 Å². The molecule has 0 aromatic carbocycles. The minimum Gasteiger partial charge on any atom is -0.465 e. The third-order valence-electron chi connectivity index (χ3n) is 7.30. The Morgan fingerprint density at radius 2 is 2.21 bits per heavy atom. The quantitative estimate of drug-likeness (QED) is 0.262. The number of aliphatic hydroxyl groups excluding tert-OH is 1. The molecule has 0 aliphatic heterocycles. The monoisotopic (exact) mass is 438 g/mol. The SMILES string of the molecule is CCC1(C(O)C/C=C/C2[C@@H](CCCc3ccc(C(=O)OC)s3)CC[C@H]2Cl)CCC1.